The quantitative estimate of drug-likeness (QED) is 0.863. The lowest BCUT2D eigenvalue weighted by atomic mass is 10.1. The zero-order chi connectivity index (χ0) is 12.3. The van der Waals surface area contributed by atoms with Crippen LogP contribution in [0.5, 0.6) is 0 Å². The molecule has 1 amide bonds. The van der Waals surface area contributed by atoms with Gasteiger partial charge in [-0.1, -0.05) is 13.3 Å². The predicted molar refractivity (Wildman–Crippen MR) is 67.6 cm³/mol. The lowest BCUT2D eigenvalue weighted by Gasteiger charge is -2.16. The third-order valence-corrected chi connectivity index (χ3v) is 3.33. The summed E-state index contributed by atoms with van der Waals surface area (Å²) in [6.07, 6.45) is 3.55. The average molecular weight is 233 g/mol. The van der Waals surface area contributed by atoms with E-state index in [2.05, 4.69) is 17.2 Å². The normalized spacial score (nSPS) is 19.8. The first-order valence-electron chi connectivity index (χ1n) is 6.13. The smallest absolute Gasteiger partial charge is 0.223 e. The standard InChI is InChI=1S/C13H19N3O/c1-3-10-6-13(17)16(8-10)9-12-7-11(14-2)4-5-15-12/h4-5,7,10H,3,6,8-9H2,1-2H3,(H,14,15). The lowest BCUT2D eigenvalue weighted by Crippen LogP contribution is -2.25. The number of hydrogen-bond donors (Lipinski definition) is 1. The first kappa shape index (κ1) is 11.9. The molecule has 1 atom stereocenters. The molecule has 1 aliphatic rings. The third kappa shape index (κ3) is 2.75. The van der Waals surface area contributed by atoms with Crippen LogP contribution in [0.15, 0.2) is 18.3 Å². The molecule has 0 spiro atoms. The Bertz CT molecular complexity index is 405. The molecule has 0 radical (unpaired) electrons. The molecule has 1 aliphatic heterocycles. The van der Waals surface area contributed by atoms with E-state index >= 15 is 0 Å². The molecule has 1 aromatic heterocycles. The van der Waals surface area contributed by atoms with Crippen LogP contribution in [0.1, 0.15) is 25.5 Å². The Balaban J connectivity index is 2.03. The van der Waals surface area contributed by atoms with Crippen molar-refractivity contribution in [1.82, 2.24) is 9.88 Å². The Morgan fingerprint density at radius 3 is 3.06 bits per heavy atom. The Hall–Kier alpha value is -1.58. The van der Waals surface area contributed by atoms with Gasteiger partial charge in [-0.3, -0.25) is 9.78 Å². The van der Waals surface area contributed by atoms with Crippen molar-refractivity contribution < 1.29 is 4.79 Å². The van der Waals surface area contributed by atoms with Gasteiger partial charge in [0.15, 0.2) is 0 Å². The number of nitrogens with one attached hydrogen (secondary N) is 1. The molecule has 4 nitrogen and oxygen atoms in total. The molecule has 92 valence electrons. The highest BCUT2D eigenvalue weighted by atomic mass is 16.2. The Kier molecular flexibility index (Phi) is 3.61. The van der Waals surface area contributed by atoms with Gasteiger partial charge in [0, 0.05) is 31.9 Å². The van der Waals surface area contributed by atoms with E-state index in [1.807, 2.05) is 24.1 Å². The van der Waals surface area contributed by atoms with Crippen molar-refractivity contribution >= 4 is 11.6 Å². The molecule has 1 N–H and O–H groups in total. The molecule has 0 saturated carbocycles. The second kappa shape index (κ2) is 5.17. The summed E-state index contributed by atoms with van der Waals surface area (Å²) in [6, 6.07) is 3.91. The second-order valence-electron chi connectivity index (χ2n) is 4.54. The van der Waals surface area contributed by atoms with E-state index in [0.717, 1.165) is 24.3 Å². The minimum Gasteiger partial charge on any atom is -0.388 e. The van der Waals surface area contributed by atoms with Gasteiger partial charge in [-0.05, 0) is 18.1 Å². The van der Waals surface area contributed by atoms with Crippen molar-refractivity contribution in [2.75, 3.05) is 18.9 Å². The van der Waals surface area contributed by atoms with Gasteiger partial charge in [0.2, 0.25) is 5.91 Å². The van der Waals surface area contributed by atoms with E-state index in [1.165, 1.54) is 0 Å². The summed E-state index contributed by atoms with van der Waals surface area (Å²) >= 11 is 0. The Labute approximate surface area is 102 Å². The van der Waals surface area contributed by atoms with Crippen LogP contribution in [0.2, 0.25) is 0 Å². The summed E-state index contributed by atoms with van der Waals surface area (Å²) in [6.45, 7) is 3.65. The number of rotatable bonds is 4. The first-order valence-corrected chi connectivity index (χ1v) is 6.13. The summed E-state index contributed by atoms with van der Waals surface area (Å²) in [5.74, 6) is 0.781. The number of carbonyl (C=O) groups is 1. The van der Waals surface area contributed by atoms with Crippen LogP contribution in [0, 0.1) is 5.92 Å². The van der Waals surface area contributed by atoms with Gasteiger partial charge >= 0.3 is 0 Å². The largest absolute Gasteiger partial charge is 0.388 e. The molecule has 2 rings (SSSR count). The lowest BCUT2D eigenvalue weighted by molar-refractivity contribution is -0.128. The van der Waals surface area contributed by atoms with Gasteiger partial charge in [0.25, 0.3) is 0 Å². The summed E-state index contributed by atoms with van der Waals surface area (Å²) in [5, 5.41) is 3.08. The molecule has 2 heterocycles. The number of pyridine rings is 1. The van der Waals surface area contributed by atoms with Crippen LogP contribution in [0.4, 0.5) is 5.69 Å². The minimum atomic E-state index is 0.258. The van der Waals surface area contributed by atoms with Crippen LogP contribution in [-0.4, -0.2) is 29.4 Å². The number of likely N-dealkylation sites (tertiary alicyclic amines) is 1. The van der Waals surface area contributed by atoms with E-state index < -0.39 is 0 Å². The number of anilines is 1. The summed E-state index contributed by atoms with van der Waals surface area (Å²) in [5.41, 5.74) is 1.98. The fraction of sp³-hybridized carbons (Fsp3) is 0.538. The fourth-order valence-corrected chi connectivity index (χ4v) is 2.20. The van der Waals surface area contributed by atoms with Gasteiger partial charge in [0.05, 0.1) is 12.2 Å². The van der Waals surface area contributed by atoms with E-state index in [9.17, 15) is 4.79 Å². The van der Waals surface area contributed by atoms with Crippen LogP contribution in [0.25, 0.3) is 0 Å². The van der Waals surface area contributed by atoms with Crippen LogP contribution >= 0.6 is 0 Å². The van der Waals surface area contributed by atoms with E-state index in [0.29, 0.717) is 18.9 Å². The van der Waals surface area contributed by atoms with Crippen LogP contribution in [0.3, 0.4) is 0 Å². The highest BCUT2D eigenvalue weighted by Crippen LogP contribution is 2.22. The molecule has 0 aromatic carbocycles. The molecule has 1 aromatic rings. The van der Waals surface area contributed by atoms with Crippen molar-refractivity contribution in [2.45, 2.75) is 26.3 Å². The first-order chi connectivity index (χ1) is 8.22. The number of nitrogens with zero attached hydrogens (tertiary/aromatic N) is 2. The van der Waals surface area contributed by atoms with Crippen molar-refractivity contribution in [3.63, 3.8) is 0 Å². The second-order valence-corrected chi connectivity index (χ2v) is 4.54. The molecule has 1 fully saturated rings. The van der Waals surface area contributed by atoms with Gasteiger partial charge in [-0.25, -0.2) is 0 Å². The van der Waals surface area contributed by atoms with Gasteiger partial charge in [-0.15, -0.1) is 0 Å². The van der Waals surface area contributed by atoms with Gasteiger partial charge in [-0.2, -0.15) is 0 Å². The third-order valence-electron chi connectivity index (χ3n) is 3.33. The van der Waals surface area contributed by atoms with E-state index in [1.54, 1.807) is 6.20 Å². The number of aromatic nitrogens is 1. The van der Waals surface area contributed by atoms with Crippen molar-refractivity contribution in [1.29, 1.82) is 0 Å². The predicted octanol–water partition coefficient (Wildman–Crippen LogP) is 1.88. The topological polar surface area (TPSA) is 45.2 Å². The molecule has 1 unspecified atom stereocenters. The zero-order valence-electron chi connectivity index (χ0n) is 10.4. The maximum atomic E-state index is 11.8. The Morgan fingerprint density at radius 2 is 2.41 bits per heavy atom. The molecule has 4 heteroatoms. The SMILES string of the molecule is CCC1CC(=O)N(Cc2cc(NC)ccn2)C1. The maximum absolute atomic E-state index is 11.8. The average Bonchev–Trinajstić information content (AvgIpc) is 2.70. The number of carbonyl (C=O) groups excluding carboxylic acids is 1. The molecule has 1 saturated heterocycles. The van der Waals surface area contributed by atoms with E-state index in [4.69, 9.17) is 0 Å². The molecule has 17 heavy (non-hydrogen) atoms. The number of hydrogen-bond acceptors (Lipinski definition) is 3. The highest BCUT2D eigenvalue weighted by molar-refractivity contribution is 5.78. The van der Waals surface area contributed by atoms with Crippen LogP contribution in [-0.2, 0) is 11.3 Å². The van der Waals surface area contributed by atoms with Gasteiger partial charge < -0.3 is 10.2 Å². The number of amides is 1. The summed E-state index contributed by atoms with van der Waals surface area (Å²) < 4.78 is 0. The molecule has 0 aliphatic carbocycles. The molecular weight excluding hydrogens is 214 g/mol. The fourth-order valence-electron chi connectivity index (χ4n) is 2.20. The maximum Gasteiger partial charge on any atom is 0.223 e. The highest BCUT2D eigenvalue weighted by Gasteiger charge is 2.28. The van der Waals surface area contributed by atoms with E-state index in [-0.39, 0.29) is 5.91 Å². The molecule has 0 bridgehead atoms. The van der Waals surface area contributed by atoms with Crippen molar-refractivity contribution in [3.8, 4) is 0 Å². The summed E-state index contributed by atoms with van der Waals surface area (Å²) in [7, 11) is 1.88. The monoisotopic (exact) mass is 233 g/mol. The Morgan fingerprint density at radius 1 is 1.59 bits per heavy atom. The summed E-state index contributed by atoms with van der Waals surface area (Å²) in [4.78, 5) is 18.0. The zero-order valence-corrected chi connectivity index (χ0v) is 10.4. The van der Waals surface area contributed by atoms with Crippen LogP contribution < -0.4 is 5.32 Å². The minimum absolute atomic E-state index is 0.258. The van der Waals surface area contributed by atoms with Gasteiger partial charge in [0.1, 0.15) is 0 Å². The van der Waals surface area contributed by atoms with Crippen molar-refractivity contribution in [3.05, 3.63) is 24.0 Å². The molecular formula is C13H19N3O. The van der Waals surface area contributed by atoms with Crippen molar-refractivity contribution in [2.24, 2.45) is 5.92 Å².